The second-order valence-electron chi connectivity index (χ2n) is 8.93. The average molecular weight is 466 g/mol. The molecular formula is C29H23NO5. The van der Waals surface area contributed by atoms with Crippen LogP contribution in [0, 0.1) is 11.3 Å². The summed E-state index contributed by atoms with van der Waals surface area (Å²) in [5.74, 6) is -0.101. The third kappa shape index (κ3) is 5.48. The van der Waals surface area contributed by atoms with Gasteiger partial charge in [-0.25, -0.2) is 4.79 Å². The highest BCUT2D eigenvalue weighted by Crippen LogP contribution is 2.27. The maximum absolute atomic E-state index is 12.9. The Labute approximate surface area is 202 Å². The number of nitriles is 1. The van der Waals surface area contributed by atoms with Gasteiger partial charge in [-0.05, 0) is 46.9 Å². The van der Waals surface area contributed by atoms with Crippen LogP contribution in [0.1, 0.15) is 31.9 Å². The molecule has 35 heavy (non-hydrogen) atoms. The lowest BCUT2D eigenvalue weighted by atomic mass is 9.87. The Hall–Kier alpha value is -4.63. The van der Waals surface area contributed by atoms with Gasteiger partial charge in [0.25, 0.3) is 0 Å². The molecule has 0 spiro atoms. The molecule has 4 aromatic rings. The summed E-state index contributed by atoms with van der Waals surface area (Å²) in [6, 6.07) is 22.8. The largest absolute Gasteiger partial charge is 0.460 e. The minimum absolute atomic E-state index is 0.00695. The van der Waals surface area contributed by atoms with Crippen LogP contribution in [-0.4, -0.2) is 5.97 Å². The average Bonchev–Trinajstić information content (AvgIpc) is 2.84. The molecule has 0 aliphatic heterocycles. The van der Waals surface area contributed by atoms with Crippen LogP contribution >= 0.6 is 0 Å². The molecule has 0 saturated heterocycles. The van der Waals surface area contributed by atoms with E-state index in [1.165, 1.54) is 30.5 Å². The zero-order valence-corrected chi connectivity index (χ0v) is 19.6. The van der Waals surface area contributed by atoms with Crippen molar-refractivity contribution >= 4 is 23.0 Å². The third-order valence-corrected chi connectivity index (χ3v) is 5.32. The monoisotopic (exact) mass is 465 g/mol. The molecule has 0 atom stereocenters. The van der Waals surface area contributed by atoms with Crippen molar-refractivity contribution in [3.8, 4) is 23.3 Å². The van der Waals surface area contributed by atoms with Crippen molar-refractivity contribution in [3.63, 3.8) is 0 Å². The van der Waals surface area contributed by atoms with E-state index in [4.69, 9.17) is 13.9 Å². The number of fused-ring (bicyclic) bond motifs is 1. The maximum Gasteiger partial charge on any atom is 0.354 e. The van der Waals surface area contributed by atoms with Crippen molar-refractivity contribution in [1.82, 2.24) is 0 Å². The molecule has 0 amide bonds. The summed E-state index contributed by atoms with van der Waals surface area (Å²) >= 11 is 0. The Bertz CT molecular complexity index is 1500. The highest BCUT2D eigenvalue weighted by Gasteiger charge is 2.16. The summed E-state index contributed by atoms with van der Waals surface area (Å²) < 4.78 is 16.7. The fraction of sp³-hybridized carbons (Fsp3) is 0.138. The number of ether oxygens (including phenoxy) is 2. The smallest absolute Gasteiger partial charge is 0.354 e. The second-order valence-corrected chi connectivity index (χ2v) is 8.93. The molecule has 0 bridgehead atoms. The lowest BCUT2D eigenvalue weighted by molar-refractivity contribution is -0.129. The van der Waals surface area contributed by atoms with Crippen LogP contribution in [0.3, 0.4) is 0 Å². The number of rotatable bonds is 5. The fourth-order valence-corrected chi connectivity index (χ4v) is 3.39. The molecule has 0 aliphatic carbocycles. The number of benzene rings is 3. The van der Waals surface area contributed by atoms with Crippen LogP contribution in [0.15, 0.2) is 93.8 Å². The van der Waals surface area contributed by atoms with E-state index in [1.54, 1.807) is 24.3 Å². The lowest BCUT2D eigenvalue weighted by Gasteiger charge is -2.19. The van der Waals surface area contributed by atoms with E-state index >= 15 is 0 Å². The van der Waals surface area contributed by atoms with Crippen molar-refractivity contribution in [2.75, 3.05) is 0 Å². The van der Waals surface area contributed by atoms with Crippen molar-refractivity contribution in [2.24, 2.45) is 0 Å². The maximum atomic E-state index is 12.9. The van der Waals surface area contributed by atoms with Crippen molar-refractivity contribution in [2.45, 2.75) is 26.2 Å². The molecule has 0 saturated carbocycles. The molecule has 174 valence electrons. The number of hydrogen-bond acceptors (Lipinski definition) is 6. The van der Waals surface area contributed by atoms with Crippen LogP contribution in [0.2, 0.25) is 0 Å². The van der Waals surface area contributed by atoms with Crippen molar-refractivity contribution in [1.29, 1.82) is 5.26 Å². The molecule has 0 unspecified atom stereocenters. The van der Waals surface area contributed by atoms with E-state index in [-0.39, 0.29) is 38.9 Å². The van der Waals surface area contributed by atoms with Gasteiger partial charge in [0.2, 0.25) is 11.2 Å². The Morgan fingerprint density at radius 1 is 0.971 bits per heavy atom. The first-order chi connectivity index (χ1) is 16.7. The van der Waals surface area contributed by atoms with Crippen LogP contribution in [0.5, 0.6) is 17.2 Å². The minimum Gasteiger partial charge on any atom is -0.460 e. The zero-order valence-electron chi connectivity index (χ0n) is 19.6. The van der Waals surface area contributed by atoms with E-state index in [0.717, 1.165) is 5.56 Å². The number of esters is 1. The summed E-state index contributed by atoms with van der Waals surface area (Å²) in [5.41, 5.74) is 1.57. The Morgan fingerprint density at radius 3 is 2.31 bits per heavy atom. The zero-order chi connectivity index (χ0) is 25.0. The normalized spacial score (nSPS) is 11.7. The highest BCUT2D eigenvalue weighted by molar-refractivity contribution is 5.99. The van der Waals surface area contributed by atoms with E-state index < -0.39 is 5.97 Å². The van der Waals surface area contributed by atoms with Gasteiger partial charge in [-0.3, -0.25) is 4.79 Å². The van der Waals surface area contributed by atoms with Crippen molar-refractivity contribution < 1.29 is 18.7 Å². The van der Waals surface area contributed by atoms with Gasteiger partial charge in [-0.15, -0.1) is 0 Å². The minimum atomic E-state index is -0.809. The van der Waals surface area contributed by atoms with Gasteiger partial charge in [-0.1, -0.05) is 63.2 Å². The molecule has 6 nitrogen and oxygen atoms in total. The Balaban J connectivity index is 1.54. The van der Waals surface area contributed by atoms with Crippen LogP contribution < -0.4 is 14.9 Å². The van der Waals surface area contributed by atoms with Gasteiger partial charge in [0, 0.05) is 6.07 Å². The Morgan fingerprint density at radius 2 is 1.66 bits per heavy atom. The summed E-state index contributed by atoms with van der Waals surface area (Å²) in [7, 11) is 0. The molecule has 0 fully saturated rings. The first-order valence-corrected chi connectivity index (χ1v) is 11.0. The molecule has 0 aliphatic rings. The predicted octanol–water partition coefficient (Wildman–Crippen LogP) is 6.40. The summed E-state index contributed by atoms with van der Waals surface area (Å²) in [5, 5.41) is 9.63. The van der Waals surface area contributed by atoms with Crippen LogP contribution in [0.4, 0.5) is 0 Å². The van der Waals surface area contributed by atoms with Crippen LogP contribution in [0.25, 0.3) is 17.0 Å². The molecule has 0 radical (unpaired) electrons. The van der Waals surface area contributed by atoms with Gasteiger partial charge in [0.15, 0.2) is 0 Å². The van der Waals surface area contributed by atoms with Crippen LogP contribution in [-0.2, 0) is 10.2 Å². The van der Waals surface area contributed by atoms with Gasteiger partial charge in [0.05, 0.1) is 5.39 Å². The topological polar surface area (TPSA) is 89.5 Å². The first-order valence-electron chi connectivity index (χ1n) is 11.0. The molecular weight excluding hydrogens is 442 g/mol. The first kappa shape index (κ1) is 23.5. The molecule has 0 N–H and O–H groups in total. The quantitative estimate of drug-likeness (QED) is 0.147. The predicted molar refractivity (Wildman–Crippen MR) is 133 cm³/mol. The van der Waals surface area contributed by atoms with Gasteiger partial charge in [-0.2, -0.15) is 5.26 Å². The third-order valence-electron chi connectivity index (χ3n) is 5.32. The number of carbonyl (C=O) groups excluding carboxylic acids is 1. The van der Waals surface area contributed by atoms with E-state index in [0.29, 0.717) is 11.3 Å². The summed E-state index contributed by atoms with van der Waals surface area (Å²) in [6.45, 7) is 6.35. The van der Waals surface area contributed by atoms with Gasteiger partial charge in [0.1, 0.15) is 35.0 Å². The molecule has 1 aromatic heterocycles. The number of carbonyl (C=O) groups is 1. The molecule has 4 rings (SSSR count). The van der Waals surface area contributed by atoms with Gasteiger partial charge >= 0.3 is 5.97 Å². The van der Waals surface area contributed by atoms with E-state index in [1.807, 2.05) is 36.4 Å². The fourth-order valence-electron chi connectivity index (χ4n) is 3.39. The molecule has 6 heteroatoms. The SMILES string of the molecule is CC(C)(C)c1ccc(Oc2coc3cc(OC(=O)C(C#N)=Cc4ccccc4)ccc3c2=O)cc1. The Kier molecular flexibility index (Phi) is 6.52. The second kappa shape index (κ2) is 9.70. The number of hydrogen-bond donors (Lipinski definition) is 0. The van der Waals surface area contributed by atoms with E-state index in [9.17, 15) is 14.9 Å². The van der Waals surface area contributed by atoms with Gasteiger partial charge < -0.3 is 13.9 Å². The number of nitrogens with zero attached hydrogens (tertiary/aromatic N) is 1. The lowest BCUT2D eigenvalue weighted by Crippen LogP contribution is -2.11. The summed E-state index contributed by atoms with van der Waals surface area (Å²) in [6.07, 6.45) is 2.67. The standard InChI is InChI=1S/C29H23NO5/c1-29(2,3)21-9-11-22(12-10-21)34-26-18-33-25-16-23(13-14-24(25)27(26)31)35-28(32)20(17-30)15-19-7-5-4-6-8-19/h4-16,18H,1-3H3. The molecule has 3 aromatic carbocycles. The highest BCUT2D eigenvalue weighted by atomic mass is 16.5. The van der Waals surface area contributed by atoms with Crippen molar-refractivity contribution in [3.05, 3.63) is 106 Å². The van der Waals surface area contributed by atoms with E-state index in [2.05, 4.69) is 20.8 Å². The molecule has 1 heterocycles. The summed E-state index contributed by atoms with van der Waals surface area (Å²) in [4.78, 5) is 25.4.